The highest BCUT2D eigenvalue weighted by Gasteiger charge is 2.19. The van der Waals surface area contributed by atoms with E-state index in [4.69, 9.17) is 9.47 Å². The molecule has 0 spiro atoms. The van der Waals surface area contributed by atoms with Crippen LogP contribution >= 0.6 is 0 Å². The maximum absolute atomic E-state index is 10.7. The maximum atomic E-state index is 10.7. The normalized spacial score (nSPS) is 34.0. The van der Waals surface area contributed by atoms with Crippen LogP contribution in [0, 0.1) is 0 Å². The summed E-state index contributed by atoms with van der Waals surface area (Å²) in [6.07, 6.45) is 1.28. The Morgan fingerprint density at radius 3 is 2.00 bits per heavy atom. The zero-order chi connectivity index (χ0) is 7.56. The average molecular weight is 144 g/mol. The molecule has 0 bridgehead atoms. The number of carbonyl (C=O) groups excluding carboxylic acids is 1. The van der Waals surface area contributed by atoms with Crippen molar-refractivity contribution in [1.29, 1.82) is 0 Å². The minimum absolute atomic E-state index is 0.0115. The Hall–Kier alpha value is -0.730. The fourth-order valence-corrected chi connectivity index (χ4v) is 0.944. The molecule has 1 heterocycles. The van der Waals surface area contributed by atoms with Gasteiger partial charge in [0.25, 0.3) is 0 Å². The zero-order valence-corrected chi connectivity index (χ0v) is 6.29. The molecule has 1 aliphatic heterocycles. The molecule has 0 aromatic heterocycles. The quantitative estimate of drug-likeness (QED) is 0.485. The molecule has 1 rings (SSSR count). The van der Waals surface area contributed by atoms with Crippen molar-refractivity contribution in [2.24, 2.45) is 0 Å². The molecule has 0 radical (unpaired) electrons. The van der Waals surface area contributed by atoms with E-state index in [1.54, 1.807) is 0 Å². The third-order valence-electron chi connectivity index (χ3n) is 1.57. The van der Waals surface area contributed by atoms with Crippen LogP contribution < -0.4 is 0 Å². The van der Waals surface area contributed by atoms with E-state index in [1.807, 2.05) is 13.8 Å². The first-order valence-electron chi connectivity index (χ1n) is 3.55. The second-order valence-electron chi connectivity index (χ2n) is 2.68. The molecule has 3 nitrogen and oxygen atoms in total. The molecule has 0 aromatic carbocycles. The van der Waals surface area contributed by atoms with Gasteiger partial charge in [-0.15, -0.1) is 0 Å². The van der Waals surface area contributed by atoms with Crippen LogP contribution in [0.25, 0.3) is 0 Å². The minimum atomic E-state index is -0.530. The molecule has 10 heavy (non-hydrogen) atoms. The first-order chi connectivity index (χ1) is 4.68. The Labute approximate surface area is 60.3 Å². The van der Waals surface area contributed by atoms with Crippen molar-refractivity contribution >= 4 is 6.16 Å². The largest absolute Gasteiger partial charge is 0.508 e. The van der Waals surface area contributed by atoms with Crippen molar-refractivity contribution in [3.05, 3.63) is 0 Å². The van der Waals surface area contributed by atoms with E-state index < -0.39 is 6.16 Å². The predicted octanol–water partition coefficient (Wildman–Crippen LogP) is 1.71. The van der Waals surface area contributed by atoms with Crippen molar-refractivity contribution < 1.29 is 14.3 Å². The summed E-state index contributed by atoms with van der Waals surface area (Å²) in [7, 11) is 0. The fourth-order valence-electron chi connectivity index (χ4n) is 0.944. The van der Waals surface area contributed by atoms with E-state index in [9.17, 15) is 4.79 Å². The highest BCUT2D eigenvalue weighted by Crippen LogP contribution is 2.13. The van der Waals surface area contributed by atoms with Gasteiger partial charge in [0.2, 0.25) is 0 Å². The molecule has 0 aliphatic carbocycles. The van der Waals surface area contributed by atoms with Gasteiger partial charge in [-0.3, -0.25) is 0 Å². The lowest BCUT2D eigenvalue weighted by Gasteiger charge is -2.05. The van der Waals surface area contributed by atoms with E-state index in [-0.39, 0.29) is 12.2 Å². The van der Waals surface area contributed by atoms with Gasteiger partial charge in [0, 0.05) is 0 Å². The Balaban J connectivity index is 2.46. The fraction of sp³-hybridized carbons (Fsp3) is 0.857. The first-order valence-corrected chi connectivity index (χ1v) is 3.55. The molecule has 0 amide bonds. The Kier molecular flexibility index (Phi) is 2.14. The van der Waals surface area contributed by atoms with Gasteiger partial charge in [-0.05, 0) is 26.7 Å². The molecule has 2 unspecified atom stereocenters. The second kappa shape index (κ2) is 2.90. The summed E-state index contributed by atoms with van der Waals surface area (Å²) >= 11 is 0. The van der Waals surface area contributed by atoms with Gasteiger partial charge in [0.05, 0.1) is 0 Å². The smallest absolute Gasteiger partial charge is 0.431 e. The molecule has 1 saturated heterocycles. The second-order valence-corrected chi connectivity index (χ2v) is 2.68. The van der Waals surface area contributed by atoms with E-state index >= 15 is 0 Å². The summed E-state index contributed by atoms with van der Waals surface area (Å²) in [4.78, 5) is 10.7. The minimum Gasteiger partial charge on any atom is -0.431 e. The van der Waals surface area contributed by atoms with Gasteiger partial charge in [0.15, 0.2) is 0 Å². The number of hydrogen-bond acceptors (Lipinski definition) is 3. The molecule has 0 saturated carbocycles. The number of cyclic esters (lactones) is 2. The van der Waals surface area contributed by atoms with E-state index in [1.165, 1.54) is 0 Å². The van der Waals surface area contributed by atoms with E-state index in [0.717, 1.165) is 12.8 Å². The van der Waals surface area contributed by atoms with Crippen molar-refractivity contribution in [3.8, 4) is 0 Å². The lowest BCUT2D eigenvalue weighted by atomic mass is 10.1. The molecular weight excluding hydrogens is 132 g/mol. The number of ether oxygens (including phenoxy) is 2. The molecule has 0 aromatic rings. The van der Waals surface area contributed by atoms with Gasteiger partial charge in [-0.25, -0.2) is 4.79 Å². The summed E-state index contributed by atoms with van der Waals surface area (Å²) < 4.78 is 9.64. The number of carbonyl (C=O) groups is 1. The van der Waals surface area contributed by atoms with E-state index in [2.05, 4.69) is 0 Å². The average Bonchev–Trinajstić information content (AvgIpc) is 1.93. The van der Waals surface area contributed by atoms with E-state index in [0.29, 0.717) is 0 Å². The van der Waals surface area contributed by atoms with Crippen LogP contribution in [0.15, 0.2) is 0 Å². The first kappa shape index (κ1) is 7.38. The molecule has 3 heteroatoms. The molecule has 1 fully saturated rings. The maximum Gasteiger partial charge on any atom is 0.508 e. The Morgan fingerprint density at radius 1 is 1.20 bits per heavy atom. The highest BCUT2D eigenvalue weighted by atomic mass is 16.7. The highest BCUT2D eigenvalue weighted by molar-refractivity contribution is 5.60. The number of rotatable bonds is 0. The van der Waals surface area contributed by atoms with Crippen molar-refractivity contribution in [1.82, 2.24) is 0 Å². The van der Waals surface area contributed by atoms with Crippen molar-refractivity contribution in [3.63, 3.8) is 0 Å². The standard InChI is InChI=1S/C7H12O3/c1-5-3-4-6(2)10-7(8)9-5/h5-6H,3-4H2,1-2H3. The van der Waals surface area contributed by atoms with Crippen LogP contribution in [0.4, 0.5) is 4.79 Å². The van der Waals surface area contributed by atoms with Gasteiger partial charge < -0.3 is 9.47 Å². The van der Waals surface area contributed by atoms with Gasteiger partial charge >= 0.3 is 6.16 Å². The monoisotopic (exact) mass is 144 g/mol. The zero-order valence-electron chi connectivity index (χ0n) is 6.29. The predicted molar refractivity (Wildman–Crippen MR) is 35.7 cm³/mol. The van der Waals surface area contributed by atoms with Crippen molar-refractivity contribution in [2.45, 2.75) is 38.9 Å². The van der Waals surface area contributed by atoms with Gasteiger partial charge in [0.1, 0.15) is 12.2 Å². The summed E-state index contributed by atoms with van der Waals surface area (Å²) in [6.45, 7) is 3.75. The molecule has 0 N–H and O–H groups in total. The summed E-state index contributed by atoms with van der Waals surface area (Å²) in [5.41, 5.74) is 0. The molecule has 1 aliphatic rings. The molecule has 2 atom stereocenters. The SMILES string of the molecule is CC1CCC(C)OC(=O)O1. The number of hydrogen-bond donors (Lipinski definition) is 0. The summed E-state index contributed by atoms with van der Waals surface area (Å²) in [6, 6.07) is 0. The van der Waals surface area contributed by atoms with Crippen molar-refractivity contribution in [2.75, 3.05) is 0 Å². The van der Waals surface area contributed by atoms with Crippen LogP contribution in [0.3, 0.4) is 0 Å². The van der Waals surface area contributed by atoms with Crippen LogP contribution in [-0.2, 0) is 9.47 Å². The molecular formula is C7H12O3. The summed E-state index contributed by atoms with van der Waals surface area (Å²) in [5.74, 6) is 0. The van der Waals surface area contributed by atoms with Crippen LogP contribution in [0.2, 0.25) is 0 Å². The third kappa shape index (κ3) is 1.90. The summed E-state index contributed by atoms with van der Waals surface area (Å²) in [5, 5.41) is 0. The topological polar surface area (TPSA) is 35.5 Å². The molecule has 58 valence electrons. The Bertz CT molecular complexity index is 119. The van der Waals surface area contributed by atoms with Gasteiger partial charge in [-0.1, -0.05) is 0 Å². The van der Waals surface area contributed by atoms with Crippen LogP contribution in [0.5, 0.6) is 0 Å². The van der Waals surface area contributed by atoms with Gasteiger partial charge in [-0.2, -0.15) is 0 Å². The third-order valence-corrected chi connectivity index (χ3v) is 1.57. The Morgan fingerprint density at radius 2 is 1.60 bits per heavy atom. The lowest BCUT2D eigenvalue weighted by Crippen LogP contribution is -2.13. The van der Waals surface area contributed by atoms with Crippen LogP contribution in [0.1, 0.15) is 26.7 Å². The lowest BCUT2D eigenvalue weighted by molar-refractivity contribution is 0.0313. The van der Waals surface area contributed by atoms with Crippen LogP contribution in [-0.4, -0.2) is 18.4 Å².